The maximum atomic E-state index is 13.8. The van der Waals surface area contributed by atoms with E-state index in [4.69, 9.17) is 21.4 Å². The third kappa shape index (κ3) is 4.58. The van der Waals surface area contributed by atoms with Gasteiger partial charge in [0.05, 0.1) is 17.7 Å². The molecule has 1 N–H and O–H groups in total. The molecule has 9 heteroatoms. The van der Waals surface area contributed by atoms with Crippen molar-refractivity contribution in [3.8, 4) is 16.3 Å². The minimum absolute atomic E-state index is 0.152. The smallest absolute Gasteiger partial charge is 0.309 e. The quantitative estimate of drug-likeness (QED) is 0.572. The second kappa shape index (κ2) is 7.98. The summed E-state index contributed by atoms with van der Waals surface area (Å²) in [5.74, 6) is -4.10. The van der Waals surface area contributed by atoms with E-state index in [1.54, 1.807) is 17.5 Å². The Labute approximate surface area is 160 Å². The molecule has 2 aromatic carbocycles. The summed E-state index contributed by atoms with van der Waals surface area (Å²) >= 11 is 7.21. The first-order valence-electron chi connectivity index (χ1n) is 7.56. The van der Waals surface area contributed by atoms with Crippen molar-refractivity contribution < 1.29 is 27.8 Å². The van der Waals surface area contributed by atoms with Gasteiger partial charge in [0.15, 0.2) is 11.6 Å². The average Bonchev–Trinajstić information content (AvgIpc) is 3.05. The van der Waals surface area contributed by atoms with Gasteiger partial charge in [-0.2, -0.15) is 0 Å². The molecule has 0 radical (unpaired) electrons. The van der Waals surface area contributed by atoms with E-state index >= 15 is 0 Å². The lowest BCUT2D eigenvalue weighted by molar-refractivity contribution is -0.136. The zero-order valence-corrected chi connectivity index (χ0v) is 15.1. The molecular weight excluding hydrogens is 403 g/mol. The lowest BCUT2D eigenvalue weighted by Crippen LogP contribution is -2.02. The number of hydrogen-bond donors (Lipinski definition) is 1. The van der Waals surface area contributed by atoms with Crippen molar-refractivity contribution in [2.24, 2.45) is 0 Å². The minimum atomic E-state index is -1.28. The predicted molar refractivity (Wildman–Crippen MR) is 94.5 cm³/mol. The van der Waals surface area contributed by atoms with Crippen LogP contribution in [0.25, 0.3) is 10.6 Å². The molecule has 3 aromatic rings. The molecule has 1 aromatic heterocycles. The highest BCUT2D eigenvalue weighted by Gasteiger charge is 2.15. The number of rotatable bonds is 6. The van der Waals surface area contributed by atoms with Crippen LogP contribution >= 0.6 is 22.9 Å². The van der Waals surface area contributed by atoms with Gasteiger partial charge in [-0.15, -0.1) is 11.3 Å². The van der Waals surface area contributed by atoms with Gasteiger partial charge in [0.2, 0.25) is 0 Å². The number of nitrogens with zero attached hydrogens (tertiary/aromatic N) is 1. The van der Waals surface area contributed by atoms with Crippen molar-refractivity contribution in [1.82, 2.24) is 4.98 Å². The second-order valence-electron chi connectivity index (χ2n) is 5.50. The Balaban J connectivity index is 1.87. The fraction of sp³-hybridized carbons (Fsp3) is 0.111. The Bertz CT molecular complexity index is 1010. The van der Waals surface area contributed by atoms with Crippen LogP contribution in [0.5, 0.6) is 5.75 Å². The molecule has 0 aliphatic rings. The molecule has 0 fully saturated rings. The predicted octanol–water partition coefficient (Wildman–Crippen LogP) is 5.09. The van der Waals surface area contributed by atoms with E-state index in [1.165, 1.54) is 17.4 Å². The van der Waals surface area contributed by atoms with Gasteiger partial charge in [0, 0.05) is 22.0 Å². The summed E-state index contributed by atoms with van der Waals surface area (Å²) in [4.78, 5) is 15.0. The van der Waals surface area contributed by atoms with E-state index < -0.39 is 23.4 Å². The number of aliphatic carboxylic acids is 1. The van der Waals surface area contributed by atoms with E-state index in [0.717, 1.165) is 6.07 Å². The van der Waals surface area contributed by atoms with Crippen LogP contribution < -0.4 is 4.74 Å². The van der Waals surface area contributed by atoms with Crippen LogP contribution in [0.3, 0.4) is 0 Å². The van der Waals surface area contributed by atoms with Gasteiger partial charge in [-0.3, -0.25) is 4.79 Å². The van der Waals surface area contributed by atoms with Crippen molar-refractivity contribution >= 4 is 28.9 Å². The van der Waals surface area contributed by atoms with Crippen molar-refractivity contribution in [2.45, 2.75) is 13.0 Å². The molecule has 3 rings (SSSR count). The molecule has 0 bridgehead atoms. The van der Waals surface area contributed by atoms with E-state index in [9.17, 15) is 18.0 Å². The van der Waals surface area contributed by atoms with E-state index in [1.807, 2.05) is 0 Å². The van der Waals surface area contributed by atoms with Gasteiger partial charge in [-0.25, -0.2) is 18.2 Å². The summed E-state index contributed by atoms with van der Waals surface area (Å²) < 4.78 is 45.7. The summed E-state index contributed by atoms with van der Waals surface area (Å²) in [5.41, 5.74) is 0.702. The lowest BCUT2D eigenvalue weighted by Gasteiger charge is -2.11. The monoisotopic (exact) mass is 413 g/mol. The molecule has 0 aliphatic heterocycles. The maximum absolute atomic E-state index is 13.8. The Morgan fingerprint density at radius 2 is 1.89 bits per heavy atom. The number of hydrogen-bond acceptors (Lipinski definition) is 4. The minimum Gasteiger partial charge on any atom is -0.488 e. The third-order valence-corrected chi connectivity index (χ3v) is 4.69. The molecule has 27 heavy (non-hydrogen) atoms. The Morgan fingerprint density at radius 1 is 1.15 bits per heavy atom. The largest absolute Gasteiger partial charge is 0.488 e. The number of aromatic nitrogens is 1. The first-order chi connectivity index (χ1) is 12.8. The molecule has 4 nitrogen and oxygen atoms in total. The third-order valence-electron chi connectivity index (χ3n) is 3.53. The van der Waals surface area contributed by atoms with Crippen LogP contribution in [-0.4, -0.2) is 16.1 Å². The second-order valence-corrected chi connectivity index (χ2v) is 6.80. The number of ether oxygens (including phenoxy) is 1. The molecule has 0 aliphatic carbocycles. The number of thiazole rings is 1. The molecule has 0 saturated carbocycles. The fourth-order valence-electron chi connectivity index (χ4n) is 2.29. The van der Waals surface area contributed by atoms with Gasteiger partial charge in [-0.1, -0.05) is 11.6 Å². The van der Waals surface area contributed by atoms with Crippen LogP contribution in [0.4, 0.5) is 13.2 Å². The summed E-state index contributed by atoms with van der Waals surface area (Å²) in [6, 6.07) is 5.84. The Kier molecular flexibility index (Phi) is 5.67. The first kappa shape index (κ1) is 19.2. The van der Waals surface area contributed by atoms with Crippen LogP contribution in [0.15, 0.2) is 35.7 Å². The van der Waals surface area contributed by atoms with Crippen LogP contribution in [0, 0.1) is 17.5 Å². The fourth-order valence-corrected chi connectivity index (χ4v) is 3.30. The lowest BCUT2D eigenvalue weighted by atomic mass is 10.2. The summed E-state index contributed by atoms with van der Waals surface area (Å²) in [7, 11) is 0. The number of benzene rings is 2. The molecule has 0 amide bonds. The molecule has 0 spiro atoms. The maximum Gasteiger partial charge on any atom is 0.309 e. The summed E-state index contributed by atoms with van der Waals surface area (Å²) in [6.45, 7) is -0.342. The van der Waals surface area contributed by atoms with Crippen molar-refractivity contribution in [1.29, 1.82) is 0 Å². The first-order valence-corrected chi connectivity index (χ1v) is 8.81. The van der Waals surface area contributed by atoms with Gasteiger partial charge in [0.1, 0.15) is 23.2 Å². The molecule has 0 atom stereocenters. The Morgan fingerprint density at radius 3 is 2.63 bits per heavy atom. The number of carbonyl (C=O) groups is 1. The topological polar surface area (TPSA) is 59.4 Å². The van der Waals surface area contributed by atoms with Gasteiger partial charge < -0.3 is 9.84 Å². The highest BCUT2D eigenvalue weighted by atomic mass is 35.5. The van der Waals surface area contributed by atoms with Gasteiger partial charge >= 0.3 is 5.97 Å². The number of carboxylic acid groups (broad SMARTS) is 1. The van der Waals surface area contributed by atoms with E-state index in [-0.39, 0.29) is 18.6 Å². The number of carboxylic acids is 1. The SMILES string of the molecule is O=C(O)Cc1csc(-c2cc(Cl)ccc2OCc2cc(F)c(F)cc2F)n1. The molecule has 0 saturated heterocycles. The molecule has 140 valence electrons. The zero-order valence-electron chi connectivity index (χ0n) is 13.5. The number of halogens is 4. The highest BCUT2D eigenvalue weighted by molar-refractivity contribution is 7.13. The summed E-state index contributed by atoms with van der Waals surface area (Å²) in [6.07, 6.45) is -0.229. The van der Waals surface area contributed by atoms with Gasteiger partial charge in [0.25, 0.3) is 0 Å². The van der Waals surface area contributed by atoms with Crippen molar-refractivity contribution in [3.63, 3.8) is 0 Å². The van der Waals surface area contributed by atoms with Crippen LogP contribution in [0.1, 0.15) is 11.3 Å². The highest BCUT2D eigenvalue weighted by Crippen LogP contribution is 2.35. The zero-order chi connectivity index (χ0) is 19.6. The standard InChI is InChI=1S/C18H11ClF3NO3S/c19-10-1-2-16(26-7-9-3-14(21)15(22)6-13(9)20)12(4-10)18-23-11(8-27-18)5-17(24)25/h1-4,6,8H,5,7H2,(H,24,25). The normalized spacial score (nSPS) is 10.8. The van der Waals surface area contributed by atoms with Crippen molar-refractivity contribution in [2.75, 3.05) is 0 Å². The molecular formula is C18H11ClF3NO3S. The van der Waals surface area contributed by atoms with E-state index in [2.05, 4.69) is 4.98 Å². The van der Waals surface area contributed by atoms with Crippen molar-refractivity contribution in [3.05, 3.63) is 69.4 Å². The molecule has 1 heterocycles. The van der Waals surface area contributed by atoms with Crippen LogP contribution in [-0.2, 0) is 17.8 Å². The van der Waals surface area contributed by atoms with E-state index in [0.29, 0.717) is 33.1 Å². The van der Waals surface area contributed by atoms with Crippen LogP contribution in [0.2, 0.25) is 5.02 Å². The van der Waals surface area contributed by atoms with Gasteiger partial charge in [-0.05, 0) is 24.3 Å². The summed E-state index contributed by atoms with van der Waals surface area (Å²) in [5, 5.41) is 11.3. The molecule has 0 unspecified atom stereocenters. The average molecular weight is 414 g/mol. The Hall–Kier alpha value is -2.58.